The van der Waals surface area contributed by atoms with Gasteiger partial charge in [-0.05, 0) is 79.5 Å². The zero-order valence-electron chi connectivity index (χ0n) is 20.8. The van der Waals surface area contributed by atoms with Crippen molar-refractivity contribution >= 4 is 47.4 Å². The van der Waals surface area contributed by atoms with E-state index < -0.39 is 0 Å². The molecule has 0 spiro atoms. The van der Waals surface area contributed by atoms with Gasteiger partial charge >= 0.3 is 0 Å². The van der Waals surface area contributed by atoms with Crippen LogP contribution in [-0.2, 0) is 11.2 Å². The largest absolute Gasteiger partial charge is 0.393 e. The number of aliphatic hydroxyl groups excluding tert-OH is 1. The van der Waals surface area contributed by atoms with Crippen molar-refractivity contribution in [2.75, 3.05) is 32.7 Å². The Labute approximate surface area is 234 Å². The standard InChI is InChI=1S/C28H33Cl2N3O3.ClH/c29-25-16-21(18-1-3-19(4-2-18)27(35)32-13-10-31-11-14-32)17-26(30)24(25)15-20-9-12-33(28(20)36)22-5-7-23(34)8-6-22;/h1-4,16-17,20,22-23,31,34H,5-15H2;1H. The third kappa shape index (κ3) is 6.26. The molecule has 6 nitrogen and oxygen atoms in total. The van der Waals surface area contributed by atoms with Crippen LogP contribution in [0.15, 0.2) is 36.4 Å². The number of benzene rings is 2. The molecule has 1 unspecified atom stereocenters. The fourth-order valence-corrected chi connectivity index (χ4v) is 6.39. The number of likely N-dealkylation sites (tertiary alicyclic amines) is 1. The van der Waals surface area contributed by atoms with E-state index in [9.17, 15) is 14.7 Å². The lowest BCUT2D eigenvalue weighted by molar-refractivity contribution is -0.133. The molecule has 2 N–H and O–H groups in total. The minimum absolute atomic E-state index is 0. The molecule has 2 heterocycles. The number of carbonyl (C=O) groups is 2. The van der Waals surface area contributed by atoms with Crippen LogP contribution in [0.5, 0.6) is 0 Å². The second-order valence-electron chi connectivity index (χ2n) is 10.2. The summed E-state index contributed by atoms with van der Waals surface area (Å²) in [6.45, 7) is 3.85. The van der Waals surface area contributed by atoms with Gasteiger partial charge in [-0.25, -0.2) is 0 Å². The van der Waals surface area contributed by atoms with Crippen molar-refractivity contribution in [2.24, 2.45) is 5.92 Å². The Morgan fingerprint density at radius 2 is 1.54 bits per heavy atom. The molecule has 200 valence electrons. The molecule has 2 amide bonds. The van der Waals surface area contributed by atoms with Crippen LogP contribution in [0.2, 0.25) is 10.0 Å². The van der Waals surface area contributed by atoms with Gasteiger partial charge in [-0.3, -0.25) is 9.59 Å². The van der Waals surface area contributed by atoms with Gasteiger partial charge in [-0.2, -0.15) is 0 Å². The molecule has 3 aliphatic rings. The molecule has 0 radical (unpaired) electrons. The number of aliphatic hydroxyl groups is 1. The zero-order chi connectivity index (χ0) is 25.2. The van der Waals surface area contributed by atoms with Crippen LogP contribution in [0.3, 0.4) is 0 Å². The van der Waals surface area contributed by atoms with Gasteiger partial charge in [-0.1, -0.05) is 35.3 Å². The van der Waals surface area contributed by atoms with E-state index >= 15 is 0 Å². The Balaban J connectivity index is 0.00000320. The monoisotopic (exact) mass is 565 g/mol. The van der Waals surface area contributed by atoms with Gasteiger partial charge in [-0.15, -0.1) is 12.4 Å². The number of nitrogens with one attached hydrogen (secondary N) is 1. The number of nitrogens with zero attached hydrogens (tertiary/aromatic N) is 2. The average Bonchev–Trinajstić information content (AvgIpc) is 3.26. The first kappa shape index (κ1) is 28.2. The van der Waals surface area contributed by atoms with Crippen LogP contribution in [-0.4, -0.2) is 71.6 Å². The van der Waals surface area contributed by atoms with Gasteiger partial charge in [0, 0.05) is 60.3 Å². The highest BCUT2D eigenvalue weighted by molar-refractivity contribution is 6.36. The minimum atomic E-state index is -0.227. The molecule has 2 aromatic rings. The van der Waals surface area contributed by atoms with Crippen molar-refractivity contribution in [1.82, 2.24) is 15.1 Å². The first-order valence-corrected chi connectivity index (χ1v) is 13.7. The SMILES string of the molecule is Cl.O=C(c1ccc(-c2cc(Cl)c(CC3CCN(C4CCC(O)CC4)C3=O)c(Cl)c2)cc1)N1CCNCC1. The molecule has 2 saturated heterocycles. The second-order valence-corrected chi connectivity index (χ2v) is 11.0. The molecular formula is C28H34Cl3N3O3. The van der Waals surface area contributed by atoms with E-state index in [1.807, 2.05) is 46.2 Å². The summed E-state index contributed by atoms with van der Waals surface area (Å²) >= 11 is 13.4. The van der Waals surface area contributed by atoms with Gasteiger partial charge in [0.05, 0.1) is 6.10 Å². The van der Waals surface area contributed by atoms with Gasteiger partial charge in [0.25, 0.3) is 5.91 Å². The fourth-order valence-electron chi connectivity index (χ4n) is 5.75. The van der Waals surface area contributed by atoms with Gasteiger partial charge in [0.15, 0.2) is 0 Å². The molecular weight excluding hydrogens is 533 g/mol. The smallest absolute Gasteiger partial charge is 0.253 e. The Bertz CT molecular complexity index is 1090. The summed E-state index contributed by atoms with van der Waals surface area (Å²) in [5.74, 6) is 0.111. The summed E-state index contributed by atoms with van der Waals surface area (Å²) in [6, 6.07) is 11.6. The van der Waals surface area contributed by atoms with Crippen molar-refractivity contribution in [3.8, 4) is 11.1 Å². The molecule has 2 aromatic carbocycles. The average molecular weight is 567 g/mol. The molecule has 0 aromatic heterocycles. The lowest BCUT2D eigenvalue weighted by Gasteiger charge is -2.33. The molecule has 0 bridgehead atoms. The first-order chi connectivity index (χ1) is 17.4. The lowest BCUT2D eigenvalue weighted by Crippen LogP contribution is -2.46. The van der Waals surface area contributed by atoms with Crippen molar-refractivity contribution in [3.63, 3.8) is 0 Å². The van der Waals surface area contributed by atoms with Crippen molar-refractivity contribution < 1.29 is 14.7 Å². The summed E-state index contributed by atoms with van der Waals surface area (Å²) in [7, 11) is 0. The number of rotatable bonds is 5. The second kappa shape index (κ2) is 12.4. The Morgan fingerprint density at radius 1 is 0.919 bits per heavy atom. The number of hydrogen-bond acceptors (Lipinski definition) is 4. The Hall–Kier alpha value is -1.83. The van der Waals surface area contributed by atoms with E-state index in [4.69, 9.17) is 23.2 Å². The van der Waals surface area contributed by atoms with Gasteiger partial charge in [0.2, 0.25) is 5.91 Å². The van der Waals surface area contributed by atoms with Crippen LogP contribution in [0.4, 0.5) is 0 Å². The molecule has 5 rings (SSSR count). The summed E-state index contributed by atoms with van der Waals surface area (Å²) < 4.78 is 0. The van der Waals surface area contributed by atoms with E-state index in [2.05, 4.69) is 5.32 Å². The van der Waals surface area contributed by atoms with E-state index in [0.717, 1.165) is 81.5 Å². The third-order valence-electron chi connectivity index (χ3n) is 7.92. The molecule has 1 aliphatic carbocycles. The van der Waals surface area contributed by atoms with Crippen LogP contribution >= 0.6 is 35.6 Å². The highest BCUT2D eigenvalue weighted by Gasteiger charge is 2.37. The van der Waals surface area contributed by atoms with Crippen LogP contribution in [0, 0.1) is 5.92 Å². The van der Waals surface area contributed by atoms with Crippen molar-refractivity contribution in [2.45, 2.75) is 50.7 Å². The number of carbonyl (C=O) groups excluding carboxylic acids is 2. The van der Waals surface area contributed by atoms with E-state index in [1.165, 1.54) is 0 Å². The highest BCUT2D eigenvalue weighted by atomic mass is 35.5. The number of hydrogen-bond donors (Lipinski definition) is 2. The van der Waals surface area contributed by atoms with E-state index in [-0.39, 0.29) is 42.3 Å². The lowest BCUT2D eigenvalue weighted by atomic mass is 9.92. The van der Waals surface area contributed by atoms with E-state index in [0.29, 0.717) is 22.0 Å². The van der Waals surface area contributed by atoms with Crippen LogP contribution in [0.1, 0.15) is 48.0 Å². The normalized spacial score (nSPS) is 24.2. The topological polar surface area (TPSA) is 72.9 Å². The first-order valence-electron chi connectivity index (χ1n) is 13.0. The van der Waals surface area contributed by atoms with Crippen molar-refractivity contribution in [3.05, 3.63) is 57.6 Å². The minimum Gasteiger partial charge on any atom is -0.393 e. The van der Waals surface area contributed by atoms with Crippen LogP contribution < -0.4 is 5.32 Å². The molecule has 3 fully saturated rings. The molecule has 1 atom stereocenters. The number of halogens is 3. The Kier molecular flexibility index (Phi) is 9.41. The number of piperazine rings is 1. The molecule has 1 saturated carbocycles. The van der Waals surface area contributed by atoms with Gasteiger partial charge < -0.3 is 20.2 Å². The summed E-state index contributed by atoms with van der Waals surface area (Å²) in [4.78, 5) is 29.8. The quantitative estimate of drug-likeness (QED) is 0.544. The fraction of sp³-hybridized carbons (Fsp3) is 0.500. The number of amides is 2. The summed E-state index contributed by atoms with van der Waals surface area (Å²) in [5.41, 5.74) is 3.30. The van der Waals surface area contributed by atoms with Crippen LogP contribution in [0.25, 0.3) is 11.1 Å². The van der Waals surface area contributed by atoms with Gasteiger partial charge in [0.1, 0.15) is 0 Å². The summed E-state index contributed by atoms with van der Waals surface area (Å²) in [6.07, 6.45) is 4.38. The highest BCUT2D eigenvalue weighted by Crippen LogP contribution is 2.36. The maximum atomic E-state index is 13.1. The molecule has 9 heteroatoms. The third-order valence-corrected chi connectivity index (χ3v) is 8.59. The predicted molar refractivity (Wildman–Crippen MR) is 150 cm³/mol. The maximum Gasteiger partial charge on any atom is 0.253 e. The summed E-state index contributed by atoms with van der Waals surface area (Å²) in [5, 5.41) is 14.2. The van der Waals surface area contributed by atoms with Crippen molar-refractivity contribution in [1.29, 1.82) is 0 Å². The molecule has 37 heavy (non-hydrogen) atoms. The molecule has 2 aliphatic heterocycles. The maximum absolute atomic E-state index is 13.1. The predicted octanol–water partition coefficient (Wildman–Crippen LogP) is 4.82. The Morgan fingerprint density at radius 3 is 2.16 bits per heavy atom. The zero-order valence-corrected chi connectivity index (χ0v) is 23.1. The van der Waals surface area contributed by atoms with E-state index in [1.54, 1.807) is 0 Å².